The van der Waals surface area contributed by atoms with E-state index in [-0.39, 0.29) is 24.2 Å². The van der Waals surface area contributed by atoms with Gasteiger partial charge in [0.25, 0.3) is 0 Å². The first kappa shape index (κ1) is 11.5. The van der Waals surface area contributed by atoms with Crippen LogP contribution < -0.4 is 10.1 Å². The normalized spacial score (nSPS) is 11.9. The van der Waals surface area contributed by atoms with Crippen molar-refractivity contribution < 1.29 is 9.13 Å². The first-order valence-corrected chi connectivity index (χ1v) is 4.62. The van der Waals surface area contributed by atoms with Crippen LogP contribution in [0.2, 0.25) is 0 Å². The Morgan fingerprint density at radius 3 is 2.93 bits per heavy atom. The molecule has 0 fully saturated rings. The third kappa shape index (κ3) is 2.93. The lowest BCUT2D eigenvalue weighted by molar-refractivity contribution is 0.385. The smallest absolute Gasteiger partial charge is 0.165 e. The van der Waals surface area contributed by atoms with Crippen molar-refractivity contribution in [3.63, 3.8) is 0 Å². The van der Waals surface area contributed by atoms with Gasteiger partial charge in [-0.05, 0) is 24.6 Å². The van der Waals surface area contributed by atoms with Crippen molar-refractivity contribution in [2.75, 3.05) is 13.7 Å². The van der Waals surface area contributed by atoms with Crippen LogP contribution in [0.15, 0.2) is 18.2 Å². The molecule has 0 spiro atoms. The zero-order valence-electron chi connectivity index (χ0n) is 8.75. The summed E-state index contributed by atoms with van der Waals surface area (Å²) >= 11 is 0. The molecular formula is C11H13FN2O. The van der Waals surface area contributed by atoms with E-state index in [2.05, 4.69) is 5.32 Å². The van der Waals surface area contributed by atoms with E-state index in [0.717, 1.165) is 5.56 Å². The standard InChI is InChI=1S/C11H13FN2O/c1-8(14-6-5-13)9-3-4-10(12)11(7-9)15-2/h3-4,7-8,14H,6H2,1-2H3/t8-/m1/s1. The fourth-order valence-electron chi connectivity index (χ4n) is 1.26. The number of nitrogens with one attached hydrogen (secondary N) is 1. The van der Waals surface area contributed by atoms with Crippen LogP contribution >= 0.6 is 0 Å². The number of ether oxygens (including phenoxy) is 1. The van der Waals surface area contributed by atoms with Crippen molar-refractivity contribution in [3.8, 4) is 11.8 Å². The highest BCUT2D eigenvalue weighted by Crippen LogP contribution is 2.22. The fraction of sp³-hybridized carbons (Fsp3) is 0.364. The van der Waals surface area contributed by atoms with Gasteiger partial charge in [0.2, 0.25) is 0 Å². The van der Waals surface area contributed by atoms with Crippen LogP contribution in [0.3, 0.4) is 0 Å². The lowest BCUT2D eigenvalue weighted by Crippen LogP contribution is -2.18. The van der Waals surface area contributed by atoms with Gasteiger partial charge in [-0.25, -0.2) is 4.39 Å². The minimum absolute atomic E-state index is 0.000787. The van der Waals surface area contributed by atoms with Crippen molar-refractivity contribution in [2.24, 2.45) is 0 Å². The molecule has 0 aliphatic carbocycles. The lowest BCUT2D eigenvalue weighted by atomic mass is 10.1. The molecule has 15 heavy (non-hydrogen) atoms. The maximum Gasteiger partial charge on any atom is 0.165 e. The van der Waals surface area contributed by atoms with Gasteiger partial charge < -0.3 is 4.74 Å². The topological polar surface area (TPSA) is 45.0 Å². The summed E-state index contributed by atoms with van der Waals surface area (Å²) in [6, 6.07) is 6.65. The molecule has 1 rings (SSSR count). The second-order valence-corrected chi connectivity index (χ2v) is 3.15. The summed E-state index contributed by atoms with van der Waals surface area (Å²) in [6.07, 6.45) is 0. The Kier molecular flexibility index (Phi) is 4.07. The highest BCUT2D eigenvalue weighted by atomic mass is 19.1. The summed E-state index contributed by atoms with van der Waals surface area (Å²) in [6.45, 7) is 2.17. The maximum absolute atomic E-state index is 13.1. The highest BCUT2D eigenvalue weighted by Gasteiger charge is 2.08. The molecule has 0 bridgehead atoms. The number of benzene rings is 1. The first-order chi connectivity index (χ1) is 7.19. The Balaban J connectivity index is 2.82. The molecule has 0 aliphatic heterocycles. The number of nitrogens with zero attached hydrogens (tertiary/aromatic N) is 1. The number of methoxy groups -OCH3 is 1. The van der Waals surface area contributed by atoms with Gasteiger partial charge in [-0.1, -0.05) is 6.07 Å². The van der Waals surface area contributed by atoms with Crippen molar-refractivity contribution in [1.29, 1.82) is 5.26 Å². The van der Waals surface area contributed by atoms with Crippen LogP contribution in [0.4, 0.5) is 4.39 Å². The molecule has 0 unspecified atom stereocenters. The predicted octanol–water partition coefficient (Wildman–Crippen LogP) is 2.01. The third-order valence-electron chi connectivity index (χ3n) is 2.16. The van der Waals surface area contributed by atoms with Crippen LogP contribution in [-0.4, -0.2) is 13.7 Å². The Hall–Kier alpha value is -1.60. The van der Waals surface area contributed by atoms with Gasteiger partial charge in [-0.15, -0.1) is 0 Å². The lowest BCUT2D eigenvalue weighted by Gasteiger charge is -2.13. The molecule has 3 nitrogen and oxygen atoms in total. The molecule has 0 amide bonds. The zero-order chi connectivity index (χ0) is 11.3. The molecule has 0 saturated carbocycles. The average Bonchev–Trinajstić information content (AvgIpc) is 2.26. The Bertz CT molecular complexity index is 373. The van der Waals surface area contributed by atoms with Crippen molar-refractivity contribution in [1.82, 2.24) is 5.32 Å². The molecule has 0 saturated heterocycles. The molecule has 80 valence electrons. The summed E-state index contributed by atoms with van der Waals surface area (Å²) < 4.78 is 18.0. The van der Waals surface area contributed by atoms with Gasteiger partial charge >= 0.3 is 0 Å². The molecule has 0 heterocycles. The summed E-state index contributed by atoms with van der Waals surface area (Å²) in [5, 5.41) is 11.4. The van der Waals surface area contributed by atoms with Gasteiger partial charge in [0, 0.05) is 6.04 Å². The van der Waals surface area contributed by atoms with Gasteiger partial charge in [0.05, 0.1) is 19.7 Å². The molecule has 0 aliphatic rings. The van der Waals surface area contributed by atoms with E-state index in [0.29, 0.717) is 0 Å². The molecule has 4 heteroatoms. The SMILES string of the molecule is COc1cc([C@@H](C)NCC#N)ccc1F. The fourth-order valence-corrected chi connectivity index (χ4v) is 1.26. The number of nitriles is 1. The number of rotatable bonds is 4. The van der Waals surface area contributed by atoms with Gasteiger partial charge in [-0.2, -0.15) is 5.26 Å². The summed E-state index contributed by atoms with van der Waals surface area (Å²) in [5.41, 5.74) is 0.892. The van der Waals surface area contributed by atoms with Crippen LogP contribution in [0, 0.1) is 17.1 Å². The zero-order valence-corrected chi connectivity index (χ0v) is 8.75. The minimum Gasteiger partial charge on any atom is -0.494 e. The summed E-state index contributed by atoms with van der Waals surface area (Å²) in [5.74, 6) is -0.160. The van der Waals surface area contributed by atoms with Crippen LogP contribution in [0.1, 0.15) is 18.5 Å². The van der Waals surface area contributed by atoms with Crippen LogP contribution in [-0.2, 0) is 0 Å². The third-order valence-corrected chi connectivity index (χ3v) is 2.16. The van der Waals surface area contributed by atoms with E-state index in [1.807, 2.05) is 13.0 Å². The maximum atomic E-state index is 13.1. The Labute approximate surface area is 88.5 Å². The molecule has 0 radical (unpaired) electrons. The Morgan fingerprint density at radius 1 is 1.60 bits per heavy atom. The van der Waals surface area contributed by atoms with Crippen molar-refractivity contribution in [3.05, 3.63) is 29.6 Å². The number of hydrogen-bond donors (Lipinski definition) is 1. The largest absolute Gasteiger partial charge is 0.494 e. The second-order valence-electron chi connectivity index (χ2n) is 3.15. The Morgan fingerprint density at radius 2 is 2.33 bits per heavy atom. The van der Waals surface area contributed by atoms with Gasteiger partial charge in [-0.3, -0.25) is 5.32 Å². The van der Waals surface area contributed by atoms with Crippen molar-refractivity contribution >= 4 is 0 Å². The predicted molar refractivity (Wildman–Crippen MR) is 55.0 cm³/mol. The molecule has 1 aromatic rings. The van der Waals surface area contributed by atoms with Crippen molar-refractivity contribution in [2.45, 2.75) is 13.0 Å². The summed E-state index contributed by atoms with van der Waals surface area (Å²) in [7, 11) is 1.43. The minimum atomic E-state index is -0.381. The highest BCUT2D eigenvalue weighted by molar-refractivity contribution is 5.31. The first-order valence-electron chi connectivity index (χ1n) is 4.62. The average molecular weight is 208 g/mol. The molecule has 1 atom stereocenters. The second kappa shape index (κ2) is 5.32. The molecule has 0 aromatic heterocycles. The van der Waals surface area contributed by atoms with E-state index in [9.17, 15) is 4.39 Å². The molecule has 1 aromatic carbocycles. The van der Waals surface area contributed by atoms with E-state index >= 15 is 0 Å². The van der Waals surface area contributed by atoms with E-state index in [1.54, 1.807) is 12.1 Å². The van der Waals surface area contributed by atoms with Crippen LogP contribution in [0.5, 0.6) is 5.75 Å². The van der Waals surface area contributed by atoms with Crippen LogP contribution in [0.25, 0.3) is 0 Å². The van der Waals surface area contributed by atoms with E-state index in [1.165, 1.54) is 13.2 Å². The van der Waals surface area contributed by atoms with E-state index < -0.39 is 0 Å². The van der Waals surface area contributed by atoms with Gasteiger partial charge in [0.1, 0.15) is 0 Å². The number of hydrogen-bond acceptors (Lipinski definition) is 3. The monoisotopic (exact) mass is 208 g/mol. The molecular weight excluding hydrogens is 195 g/mol. The molecule has 1 N–H and O–H groups in total. The summed E-state index contributed by atoms with van der Waals surface area (Å²) in [4.78, 5) is 0. The van der Waals surface area contributed by atoms with E-state index in [4.69, 9.17) is 10.00 Å². The van der Waals surface area contributed by atoms with Gasteiger partial charge in [0.15, 0.2) is 11.6 Å². The quantitative estimate of drug-likeness (QED) is 0.770. The number of halogens is 1.